The molecule has 0 aromatic heterocycles. The van der Waals surface area contributed by atoms with Gasteiger partial charge in [-0.3, -0.25) is 4.79 Å². The molecule has 0 amide bonds. The molecule has 3 heteroatoms. The summed E-state index contributed by atoms with van der Waals surface area (Å²) >= 11 is 3.46. The molecule has 0 spiro atoms. The van der Waals surface area contributed by atoms with Crippen molar-refractivity contribution in [1.82, 2.24) is 0 Å². The van der Waals surface area contributed by atoms with Crippen molar-refractivity contribution in [2.75, 3.05) is 5.33 Å². The number of alkyl halides is 1. The summed E-state index contributed by atoms with van der Waals surface area (Å²) in [6.45, 7) is 4.00. The number of carboxylic acid groups (broad SMARTS) is 1. The van der Waals surface area contributed by atoms with Crippen LogP contribution in [0, 0.1) is 0 Å². The smallest absolute Gasteiger partial charge is 0.303 e. The van der Waals surface area contributed by atoms with Crippen molar-refractivity contribution in [3.63, 3.8) is 0 Å². The first-order valence-corrected chi connectivity index (χ1v) is 10.2. The molecule has 21 heavy (non-hydrogen) atoms. The Morgan fingerprint density at radius 2 is 0.952 bits per heavy atom. The maximum atomic E-state index is 10.3. The Morgan fingerprint density at radius 1 is 0.667 bits per heavy atom. The lowest BCUT2D eigenvalue weighted by atomic mass is 10.0. The molecule has 0 aromatic rings. The second-order valence-electron chi connectivity index (χ2n) is 5.43. The molecule has 0 aliphatic carbocycles. The van der Waals surface area contributed by atoms with Gasteiger partial charge in [-0.25, -0.2) is 0 Å². The third-order valence-corrected chi connectivity index (χ3v) is 4.09. The molecule has 0 aromatic carbocycles. The molecule has 0 rings (SSSR count). The van der Waals surface area contributed by atoms with Crippen LogP contribution in [0.3, 0.4) is 0 Å². The van der Waals surface area contributed by atoms with Gasteiger partial charge in [0.1, 0.15) is 0 Å². The van der Waals surface area contributed by atoms with Gasteiger partial charge in [-0.05, 0) is 12.8 Å². The molecule has 0 saturated carbocycles. The van der Waals surface area contributed by atoms with E-state index in [0.717, 1.165) is 18.2 Å². The van der Waals surface area contributed by atoms with Gasteiger partial charge in [-0.2, -0.15) is 0 Å². The summed E-state index contributed by atoms with van der Waals surface area (Å²) in [4.78, 5) is 10.3. The second-order valence-corrected chi connectivity index (χ2v) is 6.22. The first kappa shape index (κ1) is 23.2. The zero-order valence-corrected chi connectivity index (χ0v) is 15.9. The Kier molecular flexibility index (Phi) is 24.6. The standard InChI is InChI=1S/C16H31BrO2.C2H6/c17-15-13-11-9-7-5-3-1-2-4-6-8-10-12-14-16(18)19;1-2/h1-15H2,(H,18,19);1-2H3. The fraction of sp³-hybridized carbons (Fsp3) is 0.944. The minimum absolute atomic E-state index is 0.342. The lowest BCUT2D eigenvalue weighted by Gasteiger charge is -2.02. The highest BCUT2D eigenvalue weighted by molar-refractivity contribution is 9.09. The van der Waals surface area contributed by atoms with Crippen LogP contribution >= 0.6 is 15.9 Å². The largest absolute Gasteiger partial charge is 0.481 e. The van der Waals surface area contributed by atoms with Crippen LogP contribution in [0.15, 0.2) is 0 Å². The normalized spacial score (nSPS) is 10.0. The Bertz CT molecular complexity index is 196. The molecular formula is C18H37BrO2. The number of rotatable bonds is 15. The van der Waals surface area contributed by atoms with Crippen molar-refractivity contribution >= 4 is 21.9 Å². The van der Waals surface area contributed by atoms with E-state index in [-0.39, 0.29) is 0 Å². The molecule has 0 aliphatic rings. The average Bonchev–Trinajstić information content (AvgIpc) is 2.49. The molecule has 0 radical (unpaired) electrons. The highest BCUT2D eigenvalue weighted by atomic mass is 79.9. The summed E-state index contributed by atoms with van der Waals surface area (Å²) in [5.41, 5.74) is 0. The fourth-order valence-electron chi connectivity index (χ4n) is 2.32. The number of carbonyl (C=O) groups is 1. The third-order valence-electron chi connectivity index (χ3n) is 3.52. The Hall–Kier alpha value is -0.0500. The highest BCUT2D eigenvalue weighted by Gasteiger charge is 1.96. The fourth-order valence-corrected chi connectivity index (χ4v) is 2.71. The maximum absolute atomic E-state index is 10.3. The molecule has 0 fully saturated rings. The van der Waals surface area contributed by atoms with Crippen molar-refractivity contribution < 1.29 is 9.90 Å². The number of carboxylic acids is 1. The van der Waals surface area contributed by atoms with Crippen molar-refractivity contribution in [2.45, 2.75) is 104 Å². The molecule has 0 saturated heterocycles. The van der Waals surface area contributed by atoms with Gasteiger partial charge in [0.15, 0.2) is 0 Å². The van der Waals surface area contributed by atoms with Crippen LogP contribution in [-0.4, -0.2) is 16.4 Å². The topological polar surface area (TPSA) is 37.3 Å². The van der Waals surface area contributed by atoms with Crippen molar-refractivity contribution in [3.05, 3.63) is 0 Å². The van der Waals surface area contributed by atoms with E-state index < -0.39 is 5.97 Å². The minimum atomic E-state index is -0.656. The molecule has 2 nitrogen and oxygen atoms in total. The van der Waals surface area contributed by atoms with E-state index in [1.165, 1.54) is 70.6 Å². The van der Waals surface area contributed by atoms with Crippen LogP contribution in [0.1, 0.15) is 104 Å². The molecule has 0 atom stereocenters. The lowest BCUT2D eigenvalue weighted by Crippen LogP contribution is -1.93. The van der Waals surface area contributed by atoms with Crippen LogP contribution < -0.4 is 0 Å². The van der Waals surface area contributed by atoms with Gasteiger partial charge in [0.25, 0.3) is 0 Å². The first-order valence-electron chi connectivity index (χ1n) is 9.05. The molecule has 0 aliphatic heterocycles. The Balaban J connectivity index is 0. The molecule has 128 valence electrons. The zero-order chi connectivity index (χ0) is 16.2. The first-order chi connectivity index (χ1) is 10.3. The van der Waals surface area contributed by atoms with Crippen molar-refractivity contribution in [2.24, 2.45) is 0 Å². The van der Waals surface area contributed by atoms with Gasteiger partial charge in [0, 0.05) is 11.8 Å². The van der Waals surface area contributed by atoms with E-state index in [4.69, 9.17) is 5.11 Å². The predicted molar refractivity (Wildman–Crippen MR) is 97.4 cm³/mol. The van der Waals surface area contributed by atoms with E-state index in [9.17, 15) is 4.79 Å². The summed E-state index contributed by atoms with van der Waals surface area (Å²) < 4.78 is 0. The monoisotopic (exact) mass is 364 g/mol. The van der Waals surface area contributed by atoms with E-state index in [1.54, 1.807) is 0 Å². The van der Waals surface area contributed by atoms with E-state index in [1.807, 2.05) is 13.8 Å². The van der Waals surface area contributed by atoms with Crippen LogP contribution in [0.5, 0.6) is 0 Å². The predicted octanol–water partition coefficient (Wildman–Crippen LogP) is 6.95. The summed E-state index contributed by atoms with van der Waals surface area (Å²) in [6, 6.07) is 0. The van der Waals surface area contributed by atoms with Crippen LogP contribution in [-0.2, 0) is 4.79 Å². The van der Waals surface area contributed by atoms with Gasteiger partial charge < -0.3 is 5.11 Å². The number of aliphatic carboxylic acids is 1. The van der Waals surface area contributed by atoms with E-state index in [0.29, 0.717) is 6.42 Å². The van der Waals surface area contributed by atoms with Crippen LogP contribution in [0.4, 0.5) is 0 Å². The zero-order valence-electron chi connectivity index (χ0n) is 14.3. The minimum Gasteiger partial charge on any atom is -0.481 e. The molecule has 0 bridgehead atoms. The second kappa shape index (κ2) is 22.2. The molecule has 0 heterocycles. The Morgan fingerprint density at radius 3 is 1.24 bits per heavy atom. The summed E-state index contributed by atoms with van der Waals surface area (Å²) in [6.07, 6.45) is 17.1. The SMILES string of the molecule is CC.O=C(O)CCCCCCCCCCCCCCCBr. The van der Waals surface area contributed by atoms with E-state index in [2.05, 4.69) is 15.9 Å². The summed E-state index contributed by atoms with van der Waals surface area (Å²) in [7, 11) is 0. The molecule has 1 N–H and O–H groups in total. The van der Waals surface area contributed by atoms with Crippen LogP contribution in [0.2, 0.25) is 0 Å². The van der Waals surface area contributed by atoms with E-state index >= 15 is 0 Å². The number of halogens is 1. The third kappa shape index (κ3) is 25.3. The number of unbranched alkanes of at least 4 members (excludes halogenated alkanes) is 12. The summed E-state index contributed by atoms with van der Waals surface area (Å²) in [5, 5.41) is 9.65. The van der Waals surface area contributed by atoms with Crippen molar-refractivity contribution in [3.8, 4) is 0 Å². The van der Waals surface area contributed by atoms with Gasteiger partial charge in [0.2, 0.25) is 0 Å². The van der Waals surface area contributed by atoms with Crippen molar-refractivity contribution in [1.29, 1.82) is 0 Å². The summed E-state index contributed by atoms with van der Waals surface area (Å²) in [5.74, 6) is -0.656. The quantitative estimate of drug-likeness (QED) is 0.252. The molecule has 0 unspecified atom stereocenters. The van der Waals surface area contributed by atoms with Gasteiger partial charge in [-0.15, -0.1) is 0 Å². The average molecular weight is 365 g/mol. The lowest BCUT2D eigenvalue weighted by molar-refractivity contribution is -0.137. The highest BCUT2D eigenvalue weighted by Crippen LogP contribution is 2.13. The molecular weight excluding hydrogens is 328 g/mol. The van der Waals surface area contributed by atoms with Crippen LogP contribution in [0.25, 0.3) is 0 Å². The number of hydrogen-bond donors (Lipinski definition) is 1. The van der Waals surface area contributed by atoms with Gasteiger partial charge in [0.05, 0.1) is 0 Å². The van der Waals surface area contributed by atoms with Gasteiger partial charge in [-0.1, -0.05) is 100 Å². The van der Waals surface area contributed by atoms with Gasteiger partial charge >= 0.3 is 5.97 Å². The number of hydrogen-bond acceptors (Lipinski definition) is 1. The Labute approximate surface area is 141 Å². The maximum Gasteiger partial charge on any atom is 0.303 e.